The predicted molar refractivity (Wildman–Crippen MR) is 38.9 cm³/mol. The lowest BCUT2D eigenvalue weighted by Crippen LogP contribution is -2.16. The molecule has 0 radical (unpaired) electrons. The minimum Gasteiger partial charge on any atom is -0.338 e. The summed E-state index contributed by atoms with van der Waals surface area (Å²) in [6.45, 7) is 1.72. The van der Waals surface area contributed by atoms with Crippen LogP contribution in [0.1, 0.15) is 5.69 Å². The van der Waals surface area contributed by atoms with Gasteiger partial charge in [-0.05, 0) is 18.5 Å². The highest BCUT2D eigenvalue weighted by molar-refractivity contribution is 6.39. The van der Waals surface area contributed by atoms with Crippen LogP contribution in [-0.2, 0) is 0 Å². The molecule has 54 valence electrons. The maximum absolute atomic E-state index is 10.7. The summed E-state index contributed by atoms with van der Waals surface area (Å²) in [6.07, 6.45) is 1.31. The Balaban J connectivity index is 3.46. The Labute approximate surface area is 67.2 Å². The zero-order chi connectivity index (χ0) is 7.72. The molecule has 10 heavy (non-hydrogen) atoms. The molecule has 1 rings (SSSR count). The minimum atomic E-state index is -0.0349. The van der Waals surface area contributed by atoms with Crippen molar-refractivity contribution in [1.82, 2.24) is 4.98 Å². The predicted octanol–water partition coefficient (Wildman–Crippen LogP) is 1.54. The molecule has 1 aromatic rings. The van der Waals surface area contributed by atoms with E-state index in [-0.39, 0.29) is 10.3 Å². The smallest absolute Gasteiger partial charge is 0.338 e. The third-order valence-electron chi connectivity index (χ3n) is 0.992. The molecule has 0 aliphatic heterocycles. The maximum atomic E-state index is 10.7. The molecule has 0 aliphatic carbocycles. The van der Waals surface area contributed by atoms with Crippen molar-refractivity contribution in [2.75, 3.05) is 0 Å². The van der Waals surface area contributed by atoms with Crippen LogP contribution in [0.25, 0.3) is 0 Å². The summed E-state index contributed by atoms with van der Waals surface area (Å²) in [4.78, 5) is 13.4. The Hall–Kier alpha value is -0.540. The topological polar surface area (TPSA) is 38.8 Å². The van der Waals surface area contributed by atoms with E-state index in [4.69, 9.17) is 23.2 Å². The first-order chi connectivity index (χ1) is 4.61. The molecule has 0 atom stereocenters. The number of aromatic amines is 1. The Bertz CT molecular complexity index is 307. The number of rotatable bonds is 0. The molecule has 0 bridgehead atoms. The van der Waals surface area contributed by atoms with Crippen LogP contribution in [0.5, 0.6) is 0 Å². The average Bonchev–Trinajstić information content (AvgIpc) is 1.82. The van der Waals surface area contributed by atoms with Crippen LogP contribution in [0, 0.1) is 11.8 Å². The van der Waals surface area contributed by atoms with Gasteiger partial charge in [0, 0.05) is 4.91 Å². The Morgan fingerprint density at radius 2 is 2.20 bits per heavy atom. The number of aromatic nitrogens is 2. The molecular weight excluding hydrogens is 175 g/mol. The molecule has 0 amide bonds. The molecule has 0 fully saturated rings. The van der Waals surface area contributed by atoms with E-state index in [1.807, 2.05) is 0 Å². The monoisotopic (exact) mass is 179 g/mol. The van der Waals surface area contributed by atoms with Gasteiger partial charge in [-0.2, -0.15) is 0 Å². The summed E-state index contributed by atoms with van der Waals surface area (Å²) in [6, 6.07) is 0. The second-order valence-electron chi connectivity index (χ2n) is 1.87. The van der Waals surface area contributed by atoms with Gasteiger partial charge in [-0.25, -0.2) is 0 Å². The first-order valence-corrected chi connectivity index (χ1v) is 3.34. The molecule has 1 N–H and O–H groups in total. The first kappa shape index (κ1) is 7.57. The van der Waals surface area contributed by atoms with Crippen molar-refractivity contribution < 1.29 is 4.43 Å². The van der Waals surface area contributed by atoms with Crippen molar-refractivity contribution >= 4 is 23.2 Å². The van der Waals surface area contributed by atoms with E-state index in [1.165, 1.54) is 6.20 Å². The van der Waals surface area contributed by atoms with Gasteiger partial charge < -0.3 is 4.98 Å². The van der Waals surface area contributed by atoms with Gasteiger partial charge in [-0.15, -0.1) is 0 Å². The highest BCUT2D eigenvalue weighted by atomic mass is 35.5. The number of hydrogen-bond acceptors (Lipinski definition) is 1. The van der Waals surface area contributed by atoms with E-state index < -0.39 is 0 Å². The second-order valence-corrected chi connectivity index (χ2v) is 2.60. The van der Waals surface area contributed by atoms with Crippen LogP contribution in [0.2, 0.25) is 10.3 Å². The van der Waals surface area contributed by atoms with Crippen molar-refractivity contribution in [3.63, 3.8) is 0 Å². The van der Waals surface area contributed by atoms with Crippen molar-refractivity contribution in [2.24, 2.45) is 0 Å². The highest BCUT2D eigenvalue weighted by Crippen LogP contribution is 2.12. The second kappa shape index (κ2) is 2.60. The van der Waals surface area contributed by atoms with Crippen LogP contribution in [0.3, 0.4) is 0 Å². The van der Waals surface area contributed by atoms with Gasteiger partial charge in [0.2, 0.25) is 6.20 Å². The maximum Gasteiger partial charge on any atom is 0.365 e. The zero-order valence-electron chi connectivity index (χ0n) is 5.19. The van der Waals surface area contributed by atoms with Gasteiger partial charge in [0.1, 0.15) is 0 Å². The Morgan fingerprint density at radius 3 is 2.70 bits per heavy atom. The average molecular weight is 180 g/mol. The van der Waals surface area contributed by atoms with Crippen LogP contribution in [0.4, 0.5) is 0 Å². The van der Waals surface area contributed by atoms with E-state index in [0.717, 1.165) is 0 Å². The van der Waals surface area contributed by atoms with E-state index in [2.05, 4.69) is 4.98 Å². The quantitative estimate of drug-likeness (QED) is 0.604. The molecule has 0 unspecified atom stereocenters. The normalized spacial score (nSPS) is 9.90. The lowest BCUT2D eigenvalue weighted by Gasteiger charge is -1.87. The van der Waals surface area contributed by atoms with Gasteiger partial charge in [-0.1, -0.05) is 11.6 Å². The molecule has 0 saturated heterocycles. The van der Waals surface area contributed by atoms with Gasteiger partial charge >= 0.3 is 5.15 Å². The molecule has 1 heterocycles. The number of nitrogens with zero attached hydrogens (tertiary/aromatic N) is 1. The Morgan fingerprint density at radius 1 is 1.60 bits per heavy atom. The fourth-order valence-electron chi connectivity index (χ4n) is 0.586. The molecule has 1 aromatic heterocycles. The molecular formula is C5H5Cl2N2O+. The summed E-state index contributed by atoms with van der Waals surface area (Å²) < 4.78 is 0.510. The van der Waals surface area contributed by atoms with Crippen molar-refractivity contribution in [3.05, 3.63) is 27.1 Å². The number of aryl methyl sites for hydroxylation is 1. The van der Waals surface area contributed by atoms with Gasteiger partial charge in [0.15, 0.2) is 5.15 Å². The third kappa shape index (κ3) is 1.30. The summed E-state index contributed by atoms with van der Waals surface area (Å²) >= 11 is 10.9. The summed E-state index contributed by atoms with van der Waals surface area (Å²) in [5.74, 6) is 0. The molecule has 0 aliphatic rings. The van der Waals surface area contributed by atoms with Gasteiger partial charge in [0.25, 0.3) is 0 Å². The van der Waals surface area contributed by atoms with E-state index in [1.54, 1.807) is 6.92 Å². The van der Waals surface area contributed by atoms with Crippen LogP contribution < -0.4 is 4.43 Å². The number of halogens is 2. The largest absolute Gasteiger partial charge is 0.365 e. The van der Waals surface area contributed by atoms with E-state index in [0.29, 0.717) is 10.1 Å². The third-order valence-corrected chi connectivity index (χ3v) is 1.72. The molecule has 0 saturated carbocycles. The number of hydrogen-bond donors (Lipinski definition) is 1. The van der Waals surface area contributed by atoms with Crippen molar-refractivity contribution in [2.45, 2.75) is 6.92 Å². The van der Waals surface area contributed by atoms with Crippen molar-refractivity contribution in [1.29, 1.82) is 0 Å². The molecule has 5 heteroatoms. The first-order valence-electron chi connectivity index (χ1n) is 2.58. The zero-order valence-corrected chi connectivity index (χ0v) is 6.70. The Kier molecular flexibility index (Phi) is 1.97. The van der Waals surface area contributed by atoms with Gasteiger partial charge in [-0.3, -0.25) is 0 Å². The van der Waals surface area contributed by atoms with Gasteiger partial charge in [0.05, 0.1) is 10.1 Å². The van der Waals surface area contributed by atoms with Crippen LogP contribution in [-0.4, -0.2) is 4.98 Å². The molecule has 0 aromatic carbocycles. The summed E-state index contributed by atoms with van der Waals surface area (Å²) in [7, 11) is 0. The highest BCUT2D eigenvalue weighted by Gasteiger charge is 2.10. The molecule has 3 nitrogen and oxygen atoms in total. The SMILES string of the molecule is Cc1c[n+](=O)c(Cl)c(Cl)[nH]1. The minimum absolute atomic E-state index is 0.0349. The number of nitrogens with one attached hydrogen (secondary N) is 1. The van der Waals surface area contributed by atoms with E-state index in [9.17, 15) is 4.91 Å². The molecule has 0 spiro atoms. The van der Waals surface area contributed by atoms with Crippen molar-refractivity contribution in [3.8, 4) is 0 Å². The summed E-state index contributed by atoms with van der Waals surface area (Å²) in [5.41, 5.74) is 0.671. The standard InChI is InChI=1S/C5H5Cl2N2O/c1-3-2-9(10)5(7)4(6)8-3/h2H,1H3,(H,8,10)/q+1. The lowest BCUT2D eigenvalue weighted by atomic mass is 10.5. The number of H-pyrrole nitrogens is 1. The summed E-state index contributed by atoms with van der Waals surface area (Å²) in [5, 5.41) is 0.129. The lowest BCUT2D eigenvalue weighted by molar-refractivity contribution is -0.493. The van der Waals surface area contributed by atoms with E-state index >= 15 is 0 Å². The van der Waals surface area contributed by atoms with Crippen LogP contribution in [0.15, 0.2) is 6.20 Å². The van der Waals surface area contributed by atoms with Crippen LogP contribution >= 0.6 is 23.2 Å². The fourth-order valence-corrected chi connectivity index (χ4v) is 0.915. The fraction of sp³-hybridized carbons (Fsp3) is 0.200.